The molecule has 8 heteroatoms. The molecule has 1 heterocycles. The first-order valence-corrected chi connectivity index (χ1v) is 9.39. The standard InChI is InChI=1S/C21H19Cl2NO5/c1-28-17-7-11(5-15(22)20(17)26)3-13-9-24-10-14(19(13)25)4-12-6-16(23)21(27)18(8-12)29-2/h3-8,24,26-27H,9-10H2,1-2H3/b13-3+,14-4+. The van der Waals surface area contributed by atoms with Gasteiger partial charge in [0.15, 0.2) is 28.8 Å². The molecule has 1 aliphatic heterocycles. The van der Waals surface area contributed by atoms with Crippen molar-refractivity contribution in [2.45, 2.75) is 0 Å². The molecule has 6 nitrogen and oxygen atoms in total. The SMILES string of the molecule is COc1cc(/C=C2\CNC/C(=C\c3cc(Cl)c(O)c(OC)c3)C2=O)cc(Cl)c1O. The lowest BCUT2D eigenvalue weighted by Gasteiger charge is -2.18. The summed E-state index contributed by atoms with van der Waals surface area (Å²) in [5.41, 5.74) is 2.32. The molecule has 0 saturated carbocycles. The van der Waals surface area contributed by atoms with Gasteiger partial charge in [-0.15, -0.1) is 0 Å². The van der Waals surface area contributed by atoms with E-state index in [2.05, 4.69) is 5.32 Å². The fourth-order valence-corrected chi connectivity index (χ4v) is 3.44. The number of ketones is 1. The summed E-state index contributed by atoms with van der Waals surface area (Å²) in [6, 6.07) is 6.32. The molecule has 0 spiro atoms. The van der Waals surface area contributed by atoms with Crippen molar-refractivity contribution >= 4 is 41.1 Å². The Balaban J connectivity index is 1.95. The molecule has 29 heavy (non-hydrogen) atoms. The molecular weight excluding hydrogens is 417 g/mol. The predicted molar refractivity (Wildman–Crippen MR) is 113 cm³/mol. The molecule has 2 aromatic rings. The molecule has 0 aliphatic carbocycles. The second kappa shape index (κ2) is 8.78. The number of benzene rings is 2. The molecule has 2 aromatic carbocycles. The van der Waals surface area contributed by atoms with Gasteiger partial charge in [-0.1, -0.05) is 23.2 Å². The minimum absolute atomic E-state index is 0.130. The third-order valence-electron chi connectivity index (χ3n) is 4.44. The maximum Gasteiger partial charge on any atom is 0.187 e. The summed E-state index contributed by atoms with van der Waals surface area (Å²) in [6.07, 6.45) is 3.39. The van der Waals surface area contributed by atoms with Gasteiger partial charge in [-0.05, 0) is 47.5 Å². The highest BCUT2D eigenvalue weighted by atomic mass is 35.5. The maximum absolute atomic E-state index is 12.9. The lowest BCUT2D eigenvalue weighted by Crippen LogP contribution is -2.32. The molecule has 0 radical (unpaired) electrons. The summed E-state index contributed by atoms with van der Waals surface area (Å²) in [7, 11) is 2.85. The zero-order chi connectivity index (χ0) is 21.1. The predicted octanol–water partition coefficient (Wildman–Crippen LogP) is 4.06. The quantitative estimate of drug-likeness (QED) is 0.627. The van der Waals surface area contributed by atoms with Gasteiger partial charge in [-0.3, -0.25) is 4.79 Å². The van der Waals surface area contributed by atoms with Crippen LogP contribution in [0.5, 0.6) is 23.0 Å². The fraction of sp³-hybridized carbons (Fsp3) is 0.190. The number of hydrogen-bond donors (Lipinski definition) is 3. The van der Waals surface area contributed by atoms with E-state index in [1.807, 2.05) is 0 Å². The average molecular weight is 436 g/mol. The van der Waals surface area contributed by atoms with Crippen LogP contribution in [0.3, 0.4) is 0 Å². The van der Waals surface area contributed by atoms with Gasteiger partial charge >= 0.3 is 0 Å². The van der Waals surface area contributed by atoms with Crippen LogP contribution in [-0.2, 0) is 4.79 Å². The minimum Gasteiger partial charge on any atom is -0.503 e. The van der Waals surface area contributed by atoms with Crippen molar-refractivity contribution in [1.29, 1.82) is 0 Å². The number of carbonyl (C=O) groups is 1. The van der Waals surface area contributed by atoms with E-state index in [1.54, 1.807) is 36.4 Å². The third-order valence-corrected chi connectivity index (χ3v) is 5.01. The van der Waals surface area contributed by atoms with E-state index in [9.17, 15) is 15.0 Å². The number of Topliss-reactive ketones (excluding diaryl/α,β-unsaturated/α-hetero) is 1. The molecule has 3 N–H and O–H groups in total. The van der Waals surface area contributed by atoms with Crippen molar-refractivity contribution < 1.29 is 24.5 Å². The van der Waals surface area contributed by atoms with Crippen molar-refractivity contribution in [2.75, 3.05) is 27.3 Å². The van der Waals surface area contributed by atoms with Gasteiger partial charge in [-0.2, -0.15) is 0 Å². The number of hydrogen-bond acceptors (Lipinski definition) is 6. The van der Waals surface area contributed by atoms with Gasteiger partial charge in [0, 0.05) is 24.2 Å². The van der Waals surface area contributed by atoms with Gasteiger partial charge < -0.3 is 25.0 Å². The van der Waals surface area contributed by atoms with E-state index in [-0.39, 0.29) is 38.8 Å². The van der Waals surface area contributed by atoms with Crippen LogP contribution in [0, 0.1) is 0 Å². The highest BCUT2D eigenvalue weighted by molar-refractivity contribution is 6.32. The first-order chi connectivity index (χ1) is 13.8. The molecule has 152 valence electrons. The Kier molecular flexibility index (Phi) is 6.37. The number of ether oxygens (including phenoxy) is 2. The lowest BCUT2D eigenvalue weighted by atomic mass is 9.95. The van der Waals surface area contributed by atoms with Crippen molar-refractivity contribution in [2.24, 2.45) is 0 Å². The summed E-state index contributed by atoms with van der Waals surface area (Å²) in [5.74, 6) is 0.0192. The number of aromatic hydroxyl groups is 2. The van der Waals surface area contributed by atoms with Gasteiger partial charge in [0.1, 0.15) is 0 Å². The zero-order valence-corrected chi connectivity index (χ0v) is 17.3. The summed E-state index contributed by atoms with van der Waals surface area (Å²) >= 11 is 12.1. The van der Waals surface area contributed by atoms with E-state index in [1.165, 1.54) is 14.2 Å². The second-order valence-corrected chi connectivity index (χ2v) is 7.19. The van der Waals surface area contributed by atoms with Crippen LogP contribution in [0.1, 0.15) is 11.1 Å². The van der Waals surface area contributed by atoms with Gasteiger partial charge in [-0.25, -0.2) is 0 Å². The number of phenols is 2. The van der Waals surface area contributed by atoms with Crippen molar-refractivity contribution in [3.63, 3.8) is 0 Å². The molecule has 0 aromatic heterocycles. The molecule has 0 unspecified atom stereocenters. The summed E-state index contributed by atoms with van der Waals surface area (Å²) in [4.78, 5) is 12.9. The van der Waals surface area contributed by atoms with Crippen molar-refractivity contribution in [1.82, 2.24) is 5.32 Å². The number of carbonyl (C=O) groups excluding carboxylic acids is 1. The van der Waals surface area contributed by atoms with Crippen LogP contribution in [0.25, 0.3) is 12.2 Å². The first kappa shape index (κ1) is 21.0. The molecular formula is C21H19Cl2NO5. The van der Waals surface area contributed by atoms with E-state index in [0.717, 1.165) is 0 Å². The second-order valence-electron chi connectivity index (χ2n) is 6.38. The summed E-state index contributed by atoms with van der Waals surface area (Å²) < 4.78 is 10.2. The monoisotopic (exact) mass is 435 g/mol. The van der Waals surface area contributed by atoms with Gasteiger partial charge in [0.2, 0.25) is 0 Å². The van der Waals surface area contributed by atoms with Crippen molar-refractivity contribution in [3.05, 3.63) is 56.6 Å². The maximum atomic E-state index is 12.9. The Hall–Kier alpha value is -2.67. The normalized spacial score (nSPS) is 17.0. The number of halogens is 2. The summed E-state index contributed by atoms with van der Waals surface area (Å²) in [6.45, 7) is 0.771. The molecule has 1 aliphatic rings. The Labute approximate surface area is 178 Å². The number of nitrogens with one attached hydrogen (secondary N) is 1. The molecule has 0 atom stereocenters. The van der Waals surface area contributed by atoms with E-state index < -0.39 is 0 Å². The van der Waals surface area contributed by atoms with Crippen LogP contribution >= 0.6 is 23.2 Å². The van der Waals surface area contributed by atoms with Gasteiger partial charge in [0.05, 0.1) is 24.3 Å². The van der Waals surface area contributed by atoms with E-state index in [0.29, 0.717) is 35.4 Å². The number of rotatable bonds is 4. The molecule has 3 rings (SSSR count). The van der Waals surface area contributed by atoms with Crippen molar-refractivity contribution in [3.8, 4) is 23.0 Å². The Morgan fingerprint density at radius 1 is 0.862 bits per heavy atom. The van der Waals surface area contributed by atoms with Crippen LogP contribution in [0.2, 0.25) is 10.0 Å². The topological polar surface area (TPSA) is 88.0 Å². The number of piperidine rings is 1. The Bertz CT molecular complexity index is 951. The average Bonchev–Trinajstić information content (AvgIpc) is 2.70. The highest BCUT2D eigenvalue weighted by Gasteiger charge is 2.21. The molecule has 0 bridgehead atoms. The van der Waals surface area contributed by atoms with E-state index >= 15 is 0 Å². The molecule has 1 saturated heterocycles. The molecule has 0 amide bonds. The third kappa shape index (κ3) is 4.50. The van der Waals surface area contributed by atoms with E-state index in [4.69, 9.17) is 32.7 Å². The summed E-state index contributed by atoms with van der Waals surface area (Å²) in [5, 5.41) is 23.2. The number of phenolic OH excluding ortho intramolecular Hbond substituents is 2. The van der Waals surface area contributed by atoms with Crippen LogP contribution < -0.4 is 14.8 Å². The van der Waals surface area contributed by atoms with Crippen LogP contribution in [0.15, 0.2) is 35.4 Å². The smallest absolute Gasteiger partial charge is 0.187 e. The number of methoxy groups -OCH3 is 2. The Morgan fingerprint density at radius 2 is 1.28 bits per heavy atom. The fourth-order valence-electron chi connectivity index (χ4n) is 3.00. The van der Waals surface area contributed by atoms with Gasteiger partial charge in [0.25, 0.3) is 0 Å². The minimum atomic E-state index is -0.150. The lowest BCUT2D eigenvalue weighted by molar-refractivity contribution is -0.112. The largest absolute Gasteiger partial charge is 0.503 e. The highest BCUT2D eigenvalue weighted by Crippen LogP contribution is 2.37. The zero-order valence-electron chi connectivity index (χ0n) is 15.8. The van der Waals surface area contributed by atoms with Crippen LogP contribution in [-0.4, -0.2) is 43.3 Å². The van der Waals surface area contributed by atoms with Crippen LogP contribution in [0.4, 0.5) is 0 Å². The Morgan fingerprint density at radius 3 is 1.66 bits per heavy atom. The molecule has 1 fully saturated rings. The first-order valence-electron chi connectivity index (χ1n) is 8.63.